The number of hydrogen-bond donors (Lipinski definition) is 0. The number of ether oxygens (including phenoxy) is 1. The Hall–Kier alpha value is -1.60. The number of rotatable bonds is 6. The number of hydrogen-bond acceptors (Lipinski definition) is 4. The molecule has 0 atom stereocenters. The largest absolute Gasteiger partial charge is 0.495 e. The smallest absolute Gasteiger partial charge is 0.254 e. The molecule has 0 N–H and O–H groups in total. The summed E-state index contributed by atoms with van der Waals surface area (Å²) in [5.74, 6) is 0.181. The van der Waals surface area contributed by atoms with E-state index in [9.17, 15) is 13.2 Å². The van der Waals surface area contributed by atoms with Crippen LogP contribution >= 0.6 is 0 Å². The van der Waals surface area contributed by atoms with Gasteiger partial charge in [-0.25, -0.2) is 8.42 Å². The number of amides is 1. The number of carbonyl (C=O) groups excluding carboxylic acids is 1. The first-order chi connectivity index (χ1) is 12.9. The predicted octanol–water partition coefficient (Wildman–Crippen LogP) is 3.27. The molecule has 6 nitrogen and oxygen atoms in total. The molecule has 150 valence electrons. The van der Waals surface area contributed by atoms with E-state index in [1.165, 1.54) is 17.5 Å². The van der Waals surface area contributed by atoms with Gasteiger partial charge in [-0.1, -0.05) is 12.8 Å². The van der Waals surface area contributed by atoms with E-state index in [1.807, 2.05) is 18.7 Å². The number of sulfonamides is 1. The van der Waals surface area contributed by atoms with Crippen molar-refractivity contribution in [2.24, 2.45) is 0 Å². The summed E-state index contributed by atoms with van der Waals surface area (Å²) in [5.41, 5.74) is 0.407. The summed E-state index contributed by atoms with van der Waals surface area (Å²) in [6.45, 7) is 5.02. The maximum absolute atomic E-state index is 13.3. The van der Waals surface area contributed by atoms with Gasteiger partial charge in [-0.2, -0.15) is 4.31 Å². The average Bonchev–Trinajstić information content (AvgIpc) is 3.47. The predicted molar refractivity (Wildman–Crippen MR) is 105 cm³/mol. The Morgan fingerprint density at radius 2 is 1.78 bits per heavy atom. The van der Waals surface area contributed by atoms with Crippen LogP contribution in [0.1, 0.15) is 62.7 Å². The zero-order chi connectivity index (χ0) is 19.6. The lowest BCUT2D eigenvalue weighted by Gasteiger charge is -2.27. The highest BCUT2D eigenvalue weighted by Crippen LogP contribution is 2.33. The van der Waals surface area contributed by atoms with Crippen molar-refractivity contribution in [3.05, 3.63) is 23.8 Å². The molecule has 0 radical (unpaired) electrons. The molecule has 3 rings (SSSR count). The van der Waals surface area contributed by atoms with Crippen molar-refractivity contribution in [3.63, 3.8) is 0 Å². The number of carbonyl (C=O) groups is 1. The van der Waals surface area contributed by atoms with E-state index >= 15 is 0 Å². The van der Waals surface area contributed by atoms with Gasteiger partial charge in [-0.05, 0) is 57.7 Å². The summed E-state index contributed by atoms with van der Waals surface area (Å²) in [5, 5.41) is 0. The molecule has 1 aliphatic heterocycles. The molecule has 2 fully saturated rings. The van der Waals surface area contributed by atoms with Crippen molar-refractivity contribution in [1.82, 2.24) is 9.21 Å². The minimum absolute atomic E-state index is 0.0813. The molecule has 2 aliphatic rings. The monoisotopic (exact) mass is 394 g/mol. The topological polar surface area (TPSA) is 66.9 Å². The van der Waals surface area contributed by atoms with Gasteiger partial charge >= 0.3 is 0 Å². The molecule has 0 unspecified atom stereocenters. The number of methoxy groups -OCH3 is 1. The second-order valence-corrected chi connectivity index (χ2v) is 9.63. The number of nitrogens with zero attached hydrogens (tertiary/aromatic N) is 2. The second kappa shape index (κ2) is 8.19. The van der Waals surface area contributed by atoms with Crippen LogP contribution in [-0.2, 0) is 10.0 Å². The van der Waals surface area contributed by atoms with Crippen LogP contribution in [-0.4, -0.2) is 55.8 Å². The molecular formula is C20H30N2O4S. The first-order valence-corrected chi connectivity index (χ1v) is 11.3. The SMILES string of the molecule is COc1ccc(C(=O)N(C(C)C)C2CC2)cc1S(=O)(=O)N1CCCCCC1. The third-order valence-corrected chi connectivity index (χ3v) is 7.24. The van der Waals surface area contributed by atoms with Crippen LogP contribution in [0.15, 0.2) is 23.1 Å². The maximum Gasteiger partial charge on any atom is 0.254 e. The van der Waals surface area contributed by atoms with Gasteiger partial charge in [-0.15, -0.1) is 0 Å². The van der Waals surface area contributed by atoms with Gasteiger partial charge in [0.25, 0.3) is 5.91 Å². The second-order valence-electron chi connectivity index (χ2n) is 7.72. The van der Waals surface area contributed by atoms with E-state index in [4.69, 9.17) is 4.74 Å². The fraction of sp³-hybridized carbons (Fsp3) is 0.650. The van der Waals surface area contributed by atoms with Crippen molar-refractivity contribution in [2.45, 2.75) is 69.4 Å². The Labute approximate surface area is 162 Å². The normalized spacial score (nSPS) is 19.0. The van der Waals surface area contributed by atoms with Gasteiger partial charge in [0.05, 0.1) is 7.11 Å². The third kappa shape index (κ3) is 4.29. The van der Waals surface area contributed by atoms with Crippen molar-refractivity contribution >= 4 is 15.9 Å². The summed E-state index contributed by atoms with van der Waals surface area (Å²) in [6.07, 6.45) is 5.85. The third-order valence-electron chi connectivity index (χ3n) is 5.32. The first kappa shape index (κ1) is 20.1. The average molecular weight is 395 g/mol. The fourth-order valence-electron chi connectivity index (χ4n) is 3.76. The van der Waals surface area contributed by atoms with Crippen LogP contribution in [0.25, 0.3) is 0 Å². The molecular weight excluding hydrogens is 364 g/mol. The molecule has 7 heteroatoms. The van der Waals surface area contributed by atoms with Gasteiger partial charge in [-0.3, -0.25) is 4.79 Å². The van der Waals surface area contributed by atoms with Crippen molar-refractivity contribution < 1.29 is 17.9 Å². The lowest BCUT2D eigenvalue weighted by atomic mass is 10.1. The Balaban J connectivity index is 1.97. The van der Waals surface area contributed by atoms with Crippen molar-refractivity contribution in [3.8, 4) is 5.75 Å². The van der Waals surface area contributed by atoms with Gasteiger partial charge < -0.3 is 9.64 Å². The lowest BCUT2D eigenvalue weighted by molar-refractivity contribution is 0.0690. The van der Waals surface area contributed by atoms with Crippen LogP contribution < -0.4 is 4.74 Å². The molecule has 0 bridgehead atoms. The van der Waals surface area contributed by atoms with Crippen LogP contribution in [0.4, 0.5) is 0 Å². The highest BCUT2D eigenvalue weighted by Gasteiger charge is 2.36. The Morgan fingerprint density at radius 1 is 1.15 bits per heavy atom. The summed E-state index contributed by atoms with van der Waals surface area (Å²) in [4.78, 5) is 15.0. The van der Waals surface area contributed by atoms with E-state index in [2.05, 4.69) is 0 Å². The molecule has 1 aromatic rings. The Bertz CT molecular complexity index is 777. The van der Waals surface area contributed by atoms with Crippen molar-refractivity contribution in [2.75, 3.05) is 20.2 Å². The standard InChI is InChI=1S/C20H30N2O4S/c1-15(2)22(17-9-10-17)20(23)16-8-11-18(26-3)19(14-16)27(24,25)21-12-6-4-5-7-13-21/h8,11,14-15,17H,4-7,9-10,12-13H2,1-3H3. The zero-order valence-electron chi connectivity index (χ0n) is 16.5. The maximum atomic E-state index is 13.3. The van der Waals surface area contributed by atoms with E-state index < -0.39 is 10.0 Å². The van der Waals surface area contributed by atoms with Crippen LogP contribution in [0.5, 0.6) is 5.75 Å². The summed E-state index contributed by atoms with van der Waals surface area (Å²) < 4.78 is 33.4. The minimum atomic E-state index is -3.70. The molecule has 1 saturated carbocycles. The number of benzene rings is 1. The molecule has 0 spiro atoms. The highest BCUT2D eigenvalue weighted by molar-refractivity contribution is 7.89. The molecule has 1 saturated heterocycles. The van der Waals surface area contributed by atoms with Gasteiger partial charge in [0.15, 0.2) is 0 Å². The van der Waals surface area contributed by atoms with E-state index in [0.29, 0.717) is 24.4 Å². The lowest BCUT2D eigenvalue weighted by Crippen LogP contribution is -2.39. The molecule has 27 heavy (non-hydrogen) atoms. The highest BCUT2D eigenvalue weighted by atomic mass is 32.2. The van der Waals surface area contributed by atoms with Gasteiger partial charge in [0.1, 0.15) is 10.6 Å². The molecule has 0 aromatic heterocycles. The molecule has 1 aliphatic carbocycles. The fourth-order valence-corrected chi connectivity index (χ4v) is 5.45. The minimum Gasteiger partial charge on any atom is -0.495 e. The zero-order valence-corrected chi connectivity index (χ0v) is 17.3. The molecule has 1 aromatic carbocycles. The molecule has 1 amide bonds. The molecule has 1 heterocycles. The van der Waals surface area contributed by atoms with Crippen LogP contribution in [0, 0.1) is 0 Å². The quantitative estimate of drug-likeness (QED) is 0.743. The van der Waals surface area contributed by atoms with E-state index in [0.717, 1.165) is 38.5 Å². The van der Waals surface area contributed by atoms with Gasteiger partial charge in [0.2, 0.25) is 10.0 Å². The van der Waals surface area contributed by atoms with E-state index in [1.54, 1.807) is 12.1 Å². The van der Waals surface area contributed by atoms with Crippen molar-refractivity contribution in [1.29, 1.82) is 0 Å². The Morgan fingerprint density at radius 3 is 2.30 bits per heavy atom. The summed E-state index contributed by atoms with van der Waals surface area (Å²) >= 11 is 0. The summed E-state index contributed by atoms with van der Waals surface area (Å²) in [6, 6.07) is 5.12. The van der Waals surface area contributed by atoms with E-state index in [-0.39, 0.29) is 22.9 Å². The summed E-state index contributed by atoms with van der Waals surface area (Å²) in [7, 11) is -2.24. The first-order valence-electron chi connectivity index (χ1n) is 9.87. The van der Waals surface area contributed by atoms with Gasteiger partial charge in [0, 0.05) is 30.7 Å². The Kier molecular flexibility index (Phi) is 6.11. The van der Waals surface area contributed by atoms with Crippen LogP contribution in [0.2, 0.25) is 0 Å². The van der Waals surface area contributed by atoms with Crippen LogP contribution in [0.3, 0.4) is 0 Å².